The molecule has 2 bridgehead atoms. The van der Waals surface area contributed by atoms with Gasteiger partial charge < -0.3 is 4.74 Å². The summed E-state index contributed by atoms with van der Waals surface area (Å²) in [5, 5.41) is 0. The minimum atomic E-state index is -0.186. The summed E-state index contributed by atoms with van der Waals surface area (Å²) in [6, 6.07) is 8.77. The molecule has 2 aliphatic rings. The maximum Gasteiger partial charge on any atom is 0.330 e. The standard InChI is InChI=1S/C18H22O2/c1-2-3-10-20-18(19)9-8-13-11-14-12-17(13)16-7-5-4-6-15(14)16/h4-9,13-14,17H,2-3,10-12H2,1H3/b9-8+. The molecule has 1 saturated carbocycles. The molecule has 3 atom stereocenters. The van der Waals surface area contributed by atoms with Gasteiger partial charge in [0.15, 0.2) is 0 Å². The number of hydrogen-bond donors (Lipinski definition) is 0. The smallest absolute Gasteiger partial charge is 0.330 e. The average Bonchev–Trinajstić information content (AvgIpc) is 3.04. The Labute approximate surface area is 120 Å². The highest BCUT2D eigenvalue weighted by atomic mass is 16.5. The van der Waals surface area contributed by atoms with Gasteiger partial charge in [-0.2, -0.15) is 0 Å². The van der Waals surface area contributed by atoms with Gasteiger partial charge in [0.25, 0.3) is 0 Å². The molecule has 0 saturated heterocycles. The number of esters is 1. The van der Waals surface area contributed by atoms with Gasteiger partial charge in [-0.25, -0.2) is 4.79 Å². The molecule has 0 heterocycles. The van der Waals surface area contributed by atoms with E-state index in [0.717, 1.165) is 12.8 Å². The fourth-order valence-electron chi connectivity index (χ4n) is 3.68. The zero-order valence-corrected chi connectivity index (χ0v) is 12.0. The van der Waals surface area contributed by atoms with Crippen LogP contribution in [0.1, 0.15) is 55.6 Å². The van der Waals surface area contributed by atoms with Gasteiger partial charge in [-0.15, -0.1) is 0 Å². The molecule has 0 N–H and O–H groups in total. The van der Waals surface area contributed by atoms with Crippen LogP contribution in [0, 0.1) is 5.92 Å². The SMILES string of the molecule is CCCCOC(=O)/C=C/C1CC2CC1c1ccccc12. The second-order valence-electron chi connectivity index (χ2n) is 5.95. The van der Waals surface area contributed by atoms with E-state index in [0.29, 0.717) is 24.4 Å². The summed E-state index contributed by atoms with van der Waals surface area (Å²) < 4.78 is 5.17. The van der Waals surface area contributed by atoms with Gasteiger partial charge in [-0.3, -0.25) is 0 Å². The highest BCUT2D eigenvalue weighted by Gasteiger charge is 2.42. The summed E-state index contributed by atoms with van der Waals surface area (Å²) in [5.41, 5.74) is 3.03. The van der Waals surface area contributed by atoms with Crippen LogP contribution < -0.4 is 0 Å². The molecule has 0 aliphatic heterocycles. The number of ether oxygens (including phenoxy) is 1. The minimum Gasteiger partial charge on any atom is -0.463 e. The van der Waals surface area contributed by atoms with Gasteiger partial charge in [-0.1, -0.05) is 43.7 Å². The molecule has 0 spiro atoms. The fraction of sp³-hybridized carbons (Fsp3) is 0.500. The first-order valence-electron chi connectivity index (χ1n) is 7.73. The van der Waals surface area contributed by atoms with Gasteiger partial charge in [-0.05, 0) is 48.1 Å². The molecule has 0 radical (unpaired) electrons. The molecule has 3 unspecified atom stereocenters. The Morgan fingerprint density at radius 1 is 1.30 bits per heavy atom. The number of rotatable bonds is 5. The number of hydrogen-bond acceptors (Lipinski definition) is 2. The van der Waals surface area contributed by atoms with Crippen molar-refractivity contribution in [2.24, 2.45) is 5.92 Å². The molecule has 1 fully saturated rings. The lowest BCUT2D eigenvalue weighted by Gasteiger charge is -2.21. The maximum absolute atomic E-state index is 11.6. The van der Waals surface area contributed by atoms with Crippen molar-refractivity contribution in [3.63, 3.8) is 0 Å². The third kappa shape index (κ3) is 2.52. The Morgan fingerprint density at radius 3 is 2.90 bits per heavy atom. The van der Waals surface area contributed by atoms with Gasteiger partial charge in [0, 0.05) is 6.08 Å². The lowest BCUT2D eigenvalue weighted by Crippen LogP contribution is -2.09. The Hall–Kier alpha value is -1.57. The largest absolute Gasteiger partial charge is 0.463 e. The molecule has 1 aromatic rings. The molecule has 3 rings (SSSR count). The zero-order chi connectivity index (χ0) is 13.9. The Morgan fingerprint density at radius 2 is 2.10 bits per heavy atom. The summed E-state index contributed by atoms with van der Waals surface area (Å²) in [5.74, 6) is 1.63. The molecular formula is C18H22O2. The van der Waals surface area contributed by atoms with E-state index in [4.69, 9.17) is 4.74 Å². The Bertz CT molecular complexity index is 518. The highest BCUT2D eigenvalue weighted by molar-refractivity contribution is 5.82. The molecule has 0 amide bonds. The highest BCUT2D eigenvalue weighted by Crippen LogP contribution is 2.56. The van der Waals surface area contributed by atoms with Crippen molar-refractivity contribution >= 4 is 5.97 Å². The van der Waals surface area contributed by atoms with Crippen LogP contribution in [0.2, 0.25) is 0 Å². The number of allylic oxidation sites excluding steroid dienone is 1. The van der Waals surface area contributed by atoms with Crippen LogP contribution in [-0.2, 0) is 9.53 Å². The van der Waals surface area contributed by atoms with Crippen LogP contribution >= 0.6 is 0 Å². The van der Waals surface area contributed by atoms with Gasteiger partial charge >= 0.3 is 5.97 Å². The molecule has 2 aliphatic carbocycles. The fourth-order valence-corrected chi connectivity index (χ4v) is 3.68. The molecular weight excluding hydrogens is 248 g/mol. The summed E-state index contributed by atoms with van der Waals surface area (Å²) in [4.78, 5) is 11.6. The maximum atomic E-state index is 11.6. The first-order valence-corrected chi connectivity index (χ1v) is 7.73. The van der Waals surface area contributed by atoms with E-state index in [9.17, 15) is 4.79 Å². The van der Waals surface area contributed by atoms with Crippen LogP contribution in [0.4, 0.5) is 0 Å². The summed E-state index contributed by atoms with van der Waals surface area (Å²) in [6.45, 7) is 2.63. The van der Waals surface area contributed by atoms with Crippen LogP contribution in [0.5, 0.6) is 0 Å². The average molecular weight is 270 g/mol. The van der Waals surface area contributed by atoms with E-state index in [-0.39, 0.29) is 5.97 Å². The normalized spacial score (nSPS) is 26.9. The number of benzene rings is 1. The monoisotopic (exact) mass is 270 g/mol. The third-order valence-corrected chi connectivity index (χ3v) is 4.67. The van der Waals surface area contributed by atoms with Crippen molar-refractivity contribution in [2.45, 2.75) is 44.4 Å². The van der Waals surface area contributed by atoms with Crippen molar-refractivity contribution in [3.05, 3.63) is 47.5 Å². The number of fused-ring (bicyclic) bond motifs is 5. The number of carbonyl (C=O) groups excluding carboxylic acids is 1. The molecule has 2 nitrogen and oxygen atoms in total. The molecule has 20 heavy (non-hydrogen) atoms. The Kier molecular flexibility index (Phi) is 3.90. The predicted octanol–water partition coefficient (Wildman–Crippen LogP) is 4.18. The summed E-state index contributed by atoms with van der Waals surface area (Å²) in [7, 11) is 0. The van der Waals surface area contributed by atoms with Crippen molar-refractivity contribution in [1.82, 2.24) is 0 Å². The minimum absolute atomic E-state index is 0.186. The van der Waals surface area contributed by atoms with E-state index >= 15 is 0 Å². The molecule has 106 valence electrons. The molecule has 1 aromatic carbocycles. The topological polar surface area (TPSA) is 26.3 Å². The molecule has 2 heteroatoms. The van der Waals surface area contributed by atoms with Crippen LogP contribution in [-0.4, -0.2) is 12.6 Å². The van der Waals surface area contributed by atoms with Crippen LogP contribution in [0.3, 0.4) is 0 Å². The van der Waals surface area contributed by atoms with Crippen LogP contribution in [0.25, 0.3) is 0 Å². The third-order valence-electron chi connectivity index (χ3n) is 4.67. The first-order chi connectivity index (χ1) is 9.79. The van der Waals surface area contributed by atoms with Crippen LogP contribution in [0.15, 0.2) is 36.4 Å². The molecule has 0 aromatic heterocycles. The van der Waals surface area contributed by atoms with Gasteiger partial charge in [0.2, 0.25) is 0 Å². The van der Waals surface area contributed by atoms with Crippen molar-refractivity contribution in [1.29, 1.82) is 0 Å². The van der Waals surface area contributed by atoms with E-state index in [1.54, 1.807) is 6.08 Å². The van der Waals surface area contributed by atoms with E-state index in [2.05, 4.69) is 37.3 Å². The number of carbonyl (C=O) groups is 1. The lowest BCUT2D eigenvalue weighted by molar-refractivity contribution is -0.137. The number of unbranched alkanes of at least 4 members (excludes halogenated alkanes) is 1. The summed E-state index contributed by atoms with van der Waals surface area (Å²) in [6.07, 6.45) is 8.15. The first kappa shape index (κ1) is 13.4. The van der Waals surface area contributed by atoms with E-state index < -0.39 is 0 Å². The second-order valence-corrected chi connectivity index (χ2v) is 5.95. The second kappa shape index (κ2) is 5.82. The van der Waals surface area contributed by atoms with Crippen molar-refractivity contribution in [3.8, 4) is 0 Å². The van der Waals surface area contributed by atoms with Crippen molar-refractivity contribution < 1.29 is 9.53 Å². The summed E-state index contributed by atoms with van der Waals surface area (Å²) >= 11 is 0. The zero-order valence-electron chi connectivity index (χ0n) is 12.0. The van der Waals surface area contributed by atoms with Crippen molar-refractivity contribution in [2.75, 3.05) is 6.61 Å². The lowest BCUT2D eigenvalue weighted by atomic mass is 9.83. The Balaban J connectivity index is 1.60. The predicted molar refractivity (Wildman–Crippen MR) is 79.7 cm³/mol. The van der Waals surface area contributed by atoms with E-state index in [1.165, 1.54) is 24.0 Å². The van der Waals surface area contributed by atoms with Gasteiger partial charge in [0.05, 0.1) is 6.61 Å². The van der Waals surface area contributed by atoms with Gasteiger partial charge in [0.1, 0.15) is 0 Å². The quantitative estimate of drug-likeness (QED) is 0.456. The van der Waals surface area contributed by atoms with E-state index in [1.807, 2.05) is 0 Å².